The van der Waals surface area contributed by atoms with Gasteiger partial charge >= 0.3 is 0 Å². The first-order valence-electron chi connectivity index (χ1n) is 9.45. The highest BCUT2D eigenvalue weighted by molar-refractivity contribution is 5.93. The molecule has 0 spiro atoms. The summed E-state index contributed by atoms with van der Waals surface area (Å²) >= 11 is 0. The Balaban J connectivity index is 1.79. The minimum Gasteiger partial charge on any atom is -0.377 e. The van der Waals surface area contributed by atoms with Crippen LogP contribution in [0.25, 0.3) is 22.3 Å². The third kappa shape index (κ3) is 2.26. The van der Waals surface area contributed by atoms with E-state index in [0.29, 0.717) is 45.4 Å². The van der Waals surface area contributed by atoms with Crippen LogP contribution in [0.5, 0.6) is 0 Å². The molecule has 1 aliphatic heterocycles. The Morgan fingerprint density at radius 1 is 1.28 bits per heavy atom. The molecule has 8 heteroatoms. The van der Waals surface area contributed by atoms with Gasteiger partial charge in [0.05, 0.1) is 33.8 Å². The second-order valence-corrected chi connectivity index (χ2v) is 7.55. The molecular formula is C21H17N3O5. The number of rotatable bonds is 2. The maximum Gasteiger partial charge on any atom is 0.278 e. The summed E-state index contributed by atoms with van der Waals surface area (Å²) in [5, 5.41) is 22.8. The molecule has 1 unspecified atom stereocenters. The third-order valence-electron chi connectivity index (χ3n) is 6.10. The third-order valence-corrected chi connectivity index (χ3v) is 6.10. The average Bonchev–Trinajstić information content (AvgIpc) is 3.07. The Morgan fingerprint density at radius 2 is 2.07 bits per heavy atom. The molecule has 29 heavy (non-hydrogen) atoms. The first kappa shape index (κ1) is 17.7. The van der Waals surface area contributed by atoms with Gasteiger partial charge in [-0.3, -0.25) is 19.7 Å². The van der Waals surface area contributed by atoms with Crippen LogP contribution < -0.4 is 5.56 Å². The number of hydrogen-bond acceptors (Lipinski definition) is 6. The molecule has 3 heterocycles. The molecule has 0 saturated carbocycles. The molecule has 2 aliphatic rings. The highest BCUT2D eigenvalue weighted by Gasteiger charge is 2.43. The zero-order chi connectivity index (χ0) is 20.5. The summed E-state index contributed by atoms with van der Waals surface area (Å²) in [6, 6.07) is 8.09. The number of pyridine rings is 2. The van der Waals surface area contributed by atoms with Crippen molar-refractivity contribution in [1.29, 1.82) is 0 Å². The lowest BCUT2D eigenvalue weighted by Gasteiger charge is -2.32. The van der Waals surface area contributed by atoms with Crippen LogP contribution in [-0.4, -0.2) is 25.4 Å². The minimum atomic E-state index is -1.67. The van der Waals surface area contributed by atoms with E-state index in [1.165, 1.54) is 6.07 Å². The van der Waals surface area contributed by atoms with Crippen molar-refractivity contribution in [2.75, 3.05) is 0 Å². The monoisotopic (exact) mass is 391 g/mol. The van der Waals surface area contributed by atoms with Gasteiger partial charge < -0.3 is 9.67 Å². The zero-order valence-corrected chi connectivity index (χ0v) is 15.6. The van der Waals surface area contributed by atoms with Crippen molar-refractivity contribution in [2.45, 2.75) is 38.3 Å². The molecular weight excluding hydrogens is 374 g/mol. The molecule has 0 fully saturated rings. The van der Waals surface area contributed by atoms with E-state index >= 15 is 0 Å². The summed E-state index contributed by atoms with van der Waals surface area (Å²) in [7, 11) is 0. The van der Waals surface area contributed by atoms with E-state index in [0.717, 1.165) is 0 Å². The molecule has 0 bridgehead atoms. The summed E-state index contributed by atoms with van der Waals surface area (Å²) in [4.78, 5) is 41.1. The fourth-order valence-electron chi connectivity index (χ4n) is 4.53. The van der Waals surface area contributed by atoms with Gasteiger partial charge in [0.1, 0.15) is 5.60 Å². The standard InChI is InChI=1S/C21H17N3O5/c1-2-21(27)14-9-17-19-11(10-23(17)20(26)12(14)6-7-18(21)25)8-13-15(22-19)4-3-5-16(13)24(28)29/h3-5,8-9,27H,2,6-7,10H2,1H3. The van der Waals surface area contributed by atoms with Gasteiger partial charge in [0, 0.05) is 29.2 Å². The Bertz CT molecular complexity index is 1310. The minimum absolute atomic E-state index is 0.0358. The summed E-state index contributed by atoms with van der Waals surface area (Å²) < 4.78 is 1.58. The number of nitro benzene ring substituents is 1. The first-order chi connectivity index (χ1) is 13.8. The molecule has 146 valence electrons. The molecule has 0 amide bonds. The van der Waals surface area contributed by atoms with Crippen molar-refractivity contribution in [1.82, 2.24) is 9.55 Å². The first-order valence-corrected chi connectivity index (χ1v) is 9.45. The van der Waals surface area contributed by atoms with E-state index in [4.69, 9.17) is 0 Å². The quantitative estimate of drug-likeness (QED) is 0.414. The van der Waals surface area contributed by atoms with Gasteiger partial charge in [0.2, 0.25) is 0 Å². The van der Waals surface area contributed by atoms with Gasteiger partial charge in [-0.05, 0) is 31.0 Å². The molecule has 0 radical (unpaired) electrons. The van der Waals surface area contributed by atoms with Crippen LogP contribution in [-0.2, 0) is 23.4 Å². The molecule has 1 atom stereocenters. The van der Waals surface area contributed by atoms with Crippen LogP contribution in [0.15, 0.2) is 35.1 Å². The topological polar surface area (TPSA) is 115 Å². The zero-order valence-electron chi connectivity index (χ0n) is 15.6. The van der Waals surface area contributed by atoms with Crippen molar-refractivity contribution < 1.29 is 14.8 Å². The Morgan fingerprint density at radius 3 is 2.79 bits per heavy atom. The average molecular weight is 391 g/mol. The van der Waals surface area contributed by atoms with Gasteiger partial charge in [-0.15, -0.1) is 0 Å². The SMILES string of the molecule is CCC1(O)C(=O)CCc2c1cc1n(c2=O)Cc2cc3c([N+](=O)[O-])cccc3nc2-1. The molecule has 2 aromatic heterocycles. The highest BCUT2D eigenvalue weighted by atomic mass is 16.6. The van der Waals surface area contributed by atoms with E-state index in [1.807, 2.05) is 0 Å². The summed E-state index contributed by atoms with van der Waals surface area (Å²) in [6.45, 7) is 1.97. The number of carbonyl (C=O) groups is 1. The normalized spacial score (nSPS) is 19.7. The number of aliphatic hydroxyl groups is 1. The number of Topliss-reactive ketones (excluding diaryl/α,β-unsaturated/α-hetero) is 1. The Kier molecular flexibility index (Phi) is 3.54. The van der Waals surface area contributed by atoms with Crippen LogP contribution in [0.1, 0.15) is 36.5 Å². The summed E-state index contributed by atoms with van der Waals surface area (Å²) in [5.41, 5.74) is 1.12. The molecule has 8 nitrogen and oxygen atoms in total. The van der Waals surface area contributed by atoms with Crippen LogP contribution in [0, 0.1) is 10.1 Å². The fraction of sp³-hybridized carbons (Fsp3) is 0.286. The van der Waals surface area contributed by atoms with Crippen molar-refractivity contribution in [3.8, 4) is 11.4 Å². The van der Waals surface area contributed by atoms with Crippen LogP contribution >= 0.6 is 0 Å². The Labute approximate surface area is 164 Å². The van der Waals surface area contributed by atoms with Crippen molar-refractivity contribution in [3.05, 3.63) is 67.5 Å². The molecule has 0 saturated heterocycles. The van der Waals surface area contributed by atoms with E-state index < -0.39 is 10.5 Å². The number of fused-ring (bicyclic) bond motifs is 5. The van der Waals surface area contributed by atoms with Crippen molar-refractivity contribution >= 4 is 22.4 Å². The van der Waals surface area contributed by atoms with Crippen molar-refractivity contribution in [2.24, 2.45) is 0 Å². The van der Waals surface area contributed by atoms with Gasteiger partial charge in [-0.2, -0.15) is 0 Å². The lowest BCUT2D eigenvalue weighted by atomic mass is 9.77. The maximum absolute atomic E-state index is 13.2. The smallest absolute Gasteiger partial charge is 0.278 e. The molecule has 5 rings (SSSR count). The largest absolute Gasteiger partial charge is 0.377 e. The molecule has 1 N–H and O–H groups in total. The number of benzene rings is 1. The van der Waals surface area contributed by atoms with Gasteiger partial charge in [0.25, 0.3) is 11.2 Å². The van der Waals surface area contributed by atoms with E-state index in [1.54, 1.807) is 35.8 Å². The lowest BCUT2D eigenvalue weighted by Crippen LogP contribution is -2.43. The van der Waals surface area contributed by atoms with E-state index in [2.05, 4.69) is 4.98 Å². The highest BCUT2D eigenvalue weighted by Crippen LogP contribution is 2.39. The molecule has 3 aromatic rings. The number of hydrogen-bond donors (Lipinski definition) is 1. The van der Waals surface area contributed by atoms with Crippen molar-refractivity contribution in [3.63, 3.8) is 0 Å². The molecule has 1 aliphatic carbocycles. The lowest BCUT2D eigenvalue weighted by molar-refractivity contribution is -0.383. The summed E-state index contributed by atoms with van der Waals surface area (Å²) in [5.74, 6) is -0.280. The number of nitrogens with zero attached hydrogens (tertiary/aromatic N) is 3. The second-order valence-electron chi connectivity index (χ2n) is 7.55. The van der Waals surface area contributed by atoms with Gasteiger partial charge in [-0.25, -0.2) is 4.98 Å². The van der Waals surface area contributed by atoms with Gasteiger partial charge in [0.15, 0.2) is 5.78 Å². The number of aromatic nitrogens is 2. The number of non-ortho nitro benzene ring substituents is 1. The maximum atomic E-state index is 13.2. The summed E-state index contributed by atoms with van der Waals surface area (Å²) in [6.07, 6.45) is 0.617. The van der Waals surface area contributed by atoms with E-state index in [-0.39, 0.29) is 36.4 Å². The number of nitro groups is 1. The van der Waals surface area contributed by atoms with Crippen LogP contribution in [0.3, 0.4) is 0 Å². The van der Waals surface area contributed by atoms with Crippen LogP contribution in [0.4, 0.5) is 5.69 Å². The predicted molar refractivity (Wildman–Crippen MR) is 105 cm³/mol. The number of ketones is 1. The molecule has 1 aromatic carbocycles. The number of carbonyl (C=O) groups excluding carboxylic acids is 1. The predicted octanol–water partition coefficient (Wildman–Crippen LogP) is 2.45. The Hall–Kier alpha value is -3.39. The second kappa shape index (κ2) is 5.81. The van der Waals surface area contributed by atoms with Gasteiger partial charge in [-0.1, -0.05) is 13.0 Å². The fourth-order valence-corrected chi connectivity index (χ4v) is 4.53. The van der Waals surface area contributed by atoms with Crippen LogP contribution in [0.2, 0.25) is 0 Å². The van der Waals surface area contributed by atoms with E-state index in [9.17, 15) is 24.8 Å².